The highest BCUT2D eigenvalue weighted by molar-refractivity contribution is 7.21. The summed E-state index contributed by atoms with van der Waals surface area (Å²) in [4.78, 5) is 27.3. The Hall–Kier alpha value is -5.08. The van der Waals surface area contributed by atoms with Gasteiger partial charge in [-0.1, -0.05) is 72.3 Å². The number of aromatic carboxylic acids is 1. The molecule has 0 bridgehead atoms. The fourth-order valence-electron chi connectivity index (χ4n) is 5.32. The van der Waals surface area contributed by atoms with Gasteiger partial charge in [0.25, 0.3) is 5.56 Å². The van der Waals surface area contributed by atoms with Crippen molar-refractivity contribution in [1.29, 1.82) is 0 Å². The van der Waals surface area contributed by atoms with Gasteiger partial charge in [-0.15, -0.1) is 11.3 Å². The van der Waals surface area contributed by atoms with Gasteiger partial charge in [0.1, 0.15) is 17.2 Å². The standard InChI is InChI=1S/C33H23NO6S/c1-19-6-4-9-22(14-19)31-30(33(36)37)34-28(35)16-23(17-38-25-11-5-8-20-7-2-3-10-24(20)25)29(32(34)41-31)21-12-13-26-27(15-21)40-18-39-26/h2-16H,17-18H2,1H3,(H,36,37). The Labute approximate surface area is 238 Å². The highest BCUT2D eigenvalue weighted by Crippen LogP contribution is 2.42. The largest absolute Gasteiger partial charge is 0.488 e. The van der Waals surface area contributed by atoms with Crippen molar-refractivity contribution >= 4 is 32.9 Å². The van der Waals surface area contributed by atoms with Gasteiger partial charge in [-0.25, -0.2) is 4.79 Å². The number of pyridine rings is 1. The van der Waals surface area contributed by atoms with E-state index in [2.05, 4.69) is 0 Å². The first-order valence-electron chi connectivity index (χ1n) is 13.0. The molecule has 2 aromatic heterocycles. The number of aromatic nitrogens is 1. The molecular weight excluding hydrogens is 538 g/mol. The summed E-state index contributed by atoms with van der Waals surface area (Å²) < 4.78 is 18.8. The van der Waals surface area contributed by atoms with E-state index in [4.69, 9.17) is 14.2 Å². The number of hydrogen-bond donors (Lipinski definition) is 1. The molecule has 0 amide bonds. The molecule has 0 aliphatic carbocycles. The molecule has 41 heavy (non-hydrogen) atoms. The summed E-state index contributed by atoms with van der Waals surface area (Å²) in [6.07, 6.45) is 0. The zero-order valence-electron chi connectivity index (χ0n) is 21.9. The van der Waals surface area contributed by atoms with E-state index in [0.717, 1.165) is 27.5 Å². The van der Waals surface area contributed by atoms with Crippen LogP contribution < -0.4 is 19.8 Å². The predicted octanol–water partition coefficient (Wildman–Crippen LogP) is 7.16. The predicted molar refractivity (Wildman–Crippen MR) is 159 cm³/mol. The molecule has 0 radical (unpaired) electrons. The Morgan fingerprint density at radius 2 is 1.73 bits per heavy atom. The lowest BCUT2D eigenvalue weighted by Gasteiger charge is -2.14. The summed E-state index contributed by atoms with van der Waals surface area (Å²) >= 11 is 1.28. The molecule has 1 aliphatic rings. The number of benzene rings is 4. The van der Waals surface area contributed by atoms with Crippen molar-refractivity contribution in [3.05, 3.63) is 118 Å². The summed E-state index contributed by atoms with van der Waals surface area (Å²) in [7, 11) is 0. The Kier molecular flexibility index (Phi) is 5.98. The average Bonchev–Trinajstić information content (AvgIpc) is 3.61. The van der Waals surface area contributed by atoms with Crippen molar-refractivity contribution in [3.8, 4) is 38.8 Å². The van der Waals surface area contributed by atoms with E-state index in [1.165, 1.54) is 21.8 Å². The lowest BCUT2D eigenvalue weighted by atomic mass is 10.0. The number of carbonyl (C=O) groups is 1. The van der Waals surface area contributed by atoms with Crippen LogP contribution in [-0.4, -0.2) is 22.3 Å². The topological polar surface area (TPSA) is 86.5 Å². The van der Waals surface area contributed by atoms with Crippen LogP contribution in [0.4, 0.5) is 0 Å². The van der Waals surface area contributed by atoms with E-state index in [1.54, 1.807) is 0 Å². The monoisotopic (exact) mass is 561 g/mol. The zero-order chi connectivity index (χ0) is 28.1. The molecule has 7 nitrogen and oxygen atoms in total. The maximum Gasteiger partial charge on any atom is 0.354 e. The van der Waals surface area contributed by atoms with Crippen molar-refractivity contribution in [1.82, 2.24) is 4.40 Å². The number of carboxylic acids is 1. The molecule has 1 aliphatic heterocycles. The molecule has 1 N–H and O–H groups in total. The van der Waals surface area contributed by atoms with Gasteiger partial charge in [-0.3, -0.25) is 9.20 Å². The van der Waals surface area contributed by atoms with Gasteiger partial charge in [-0.05, 0) is 41.6 Å². The molecule has 0 unspecified atom stereocenters. The fraction of sp³-hybridized carbons (Fsp3) is 0.0909. The van der Waals surface area contributed by atoms with Crippen LogP contribution in [0.2, 0.25) is 0 Å². The van der Waals surface area contributed by atoms with Gasteiger partial charge in [0.05, 0.1) is 4.88 Å². The van der Waals surface area contributed by atoms with E-state index in [9.17, 15) is 14.7 Å². The average molecular weight is 562 g/mol. The van der Waals surface area contributed by atoms with Crippen molar-refractivity contribution in [2.75, 3.05) is 6.79 Å². The minimum atomic E-state index is -1.17. The van der Waals surface area contributed by atoms with Crippen LogP contribution >= 0.6 is 11.3 Å². The second-order valence-electron chi connectivity index (χ2n) is 9.81. The molecule has 0 fully saturated rings. The van der Waals surface area contributed by atoms with Gasteiger partial charge in [0, 0.05) is 22.6 Å². The highest BCUT2D eigenvalue weighted by Gasteiger charge is 2.26. The maximum atomic E-state index is 13.6. The van der Waals surface area contributed by atoms with Crippen molar-refractivity contribution in [3.63, 3.8) is 0 Å². The van der Waals surface area contributed by atoms with Gasteiger partial charge in [0.2, 0.25) is 6.79 Å². The molecule has 6 aromatic rings. The first-order valence-corrected chi connectivity index (χ1v) is 13.8. The minimum absolute atomic E-state index is 0.0656. The Balaban J connectivity index is 1.46. The summed E-state index contributed by atoms with van der Waals surface area (Å²) in [6.45, 7) is 2.17. The van der Waals surface area contributed by atoms with Crippen LogP contribution in [-0.2, 0) is 6.61 Å². The van der Waals surface area contributed by atoms with E-state index in [0.29, 0.717) is 38.1 Å². The van der Waals surface area contributed by atoms with E-state index in [-0.39, 0.29) is 19.1 Å². The number of fused-ring (bicyclic) bond motifs is 3. The Morgan fingerprint density at radius 1 is 0.927 bits per heavy atom. The molecule has 7 rings (SSSR count). The van der Waals surface area contributed by atoms with Crippen molar-refractivity contribution in [2.24, 2.45) is 0 Å². The smallest absolute Gasteiger partial charge is 0.354 e. The zero-order valence-corrected chi connectivity index (χ0v) is 22.7. The summed E-state index contributed by atoms with van der Waals surface area (Å²) in [5.41, 5.74) is 3.32. The molecule has 4 aromatic carbocycles. The lowest BCUT2D eigenvalue weighted by Crippen LogP contribution is -2.19. The van der Waals surface area contributed by atoms with Crippen LogP contribution in [0.25, 0.3) is 37.2 Å². The van der Waals surface area contributed by atoms with Crippen LogP contribution in [0.5, 0.6) is 17.2 Å². The number of hydrogen-bond acceptors (Lipinski definition) is 6. The highest BCUT2D eigenvalue weighted by atomic mass is 32.1. The van der Waals surface area contributed by atoms with Gasteiger partial charge in [-0.2, -0.15) is 0 Å². The minimum Gasteiger partial charge on any atom is -0.488 e. The number of thiazole rings is 1. The molecule has 202 valence electrons. The number of nitrogens with zero attached hydrogens (tertiary/aromatic N) is 1. The quantitative estimate of drug-likeness (QED) is 0.232. The lowest BCUT2D eigenvalue weighted by molar-refractivity contribution is 0.0690. The Morgan fingerprint density at radius 3 is 2.59 bits per heavy atom. The second kappa shape index (κ2) is 9.83. The Bertz CT molecular complexity index is 2050. The van der Waals surface area contributed by atoms with E-state index >= 15 is 0 Å². The second-order valence-corrected chi connectivity index (χ2v) is 10.8. The van der Waals surface area contributed by atoms with Crippen LogP contribution in [0, 0.1) is 6.92 Å². The molecule has 0 atom stereocenters. The van der Waals surface area contributed by atoms with Crippen LogP contribution in [0.3, 0.4) is 0 Å². The third-order valence-corrected chi connectivity index (χ3v) is 8.38. The number of aryl methyl sites for hydroxylation is 1. The first-order chi connectivity index (χ1) is 20.0. The third-order valence-electron chi connectivity index (χ3n) is 7.17. The molecule has 3 heterocycles. The molecular formula is C33H23NO6S. The summed E-state index contributed by atoms with van der Waals surface area (Å²) in [5, 5.41) is 12.3. The summed E-state index contributed by atoms with van der Waals surface area (Å²) in [6, 6.07) is 28.4. The molecule has 8 heteroatoms. The van der Waals surface area contributed by atoms with Crippen molar-refractivity contribution < 1.29 is 24.1 Å². The normalized spacial score (nSPS) is 12.2. The summed E-state index contributed by atoms with van der Waals surface area (Å²) in [5.74, 6) is 0.732. The number of carboxylic acid groups (broad SMARTS) is 1. The van der Waals surface area contributed by atoms with Gasteiger partial charge < -0.3 is 19.3 Å². The number of rotatable bonds is 6. The SMILES string of the molecule is Cc1cccc(-c2sc3c(-c4ccc5c(c4)OCO5)c(COc4cccc5ccccc45)cc(=O)n3c2C(=O)O)c1. The van der Waals surface area contributed by atoms with Crippen LogP contribution in [0.1, 0.15) is 21.6 Å². The number of ether oxygens (including phenoxy) is 3. The van der Waals surface area contributed by atoms with Crippen molar-refractivity contribution in [2.45, 2.75) is 13.5 Å². The van der Waals surface area contributed by atoms with Crippen LogP contribution in [0.15, 0.2) is 95.8 Å². The van der Waals surface area contributed by atoms with Gasteiger partial charge >= 0.3 is 5.97 Å². The third kappa shape index (κ3) is 4.29. The molecule has 0 saturated carbocycles. The van der Waals surface area contributed by atoms with Gasteiger partial charge in [0.15, 0.2) is 17.2 Å². The van der Waals surface area contributed by atoms with E-state index in [1.807, 2.05) is 91.9 Å². The fourth-order valence-corrected chi connectivity index (χ4v) is 6.65. The maximum absolute atomic E-state index is 13.6. The molecule has 0 saturated heterocycles. The first kappa shape index (κ1) is 24.9. The molecule has 0 spiro atoms. The van der Waals surface area contributed by atoms with E-state index < -0.39 is 11.5 Å².